The standard InChI is InChI=1S/C13H15N3O3S2/c1-7-8(6-9(17)18)15-12(21-7)16-10(19)13(2,3)11-14-4-5-20-11/h4-5H,6H2,1-3H3,(H,17,18)(H,15,16,19). The average Bonchev–Trinajstić information content (AvgIpc) is 3.00. The zero-order chi connectivity index (χ0) is 15.6. The Kier molecular flexibility index (Phi) is 4.38. The van der Waals surface area contributed by atoms with Crippen LogP contribution in [0.15, 0.2) is 11.6 Å². The first-order chi connectivity index (χ1) is 9.80. The van der Waals surface area contributed by atoms with Crippen LogP contribution in [-0.2, 0) is 21.4 Å². The SMILES string of the molecule is Cc1sc(NC(=O)C(C)(C)c2nccs2)nc1CC(=O)O. The van der Waals surface area contributed by atoms with Crippen molar-refractivity contribution >= 4 is 39.7 Å². The number of aliphatic carboxylic acids is 1. The van der Waals surface area contributed by atoms with Crippen molar-refractivity contribution in [2.75, 3.05) is 5.32 Å². The second-order valence-corrected chi connectivity index (χ2v) is 7.11. The molecule has 2 aromatic heterocycles. The topological polar surface area (TPSA) is 92.2 Å². The monoisotopic (exact) mass is 325 g/mol. The van der Waals surface area contributed by atoms with E-state index in [0.717, 1.165) is 9.88 Å². The predicted molar refractivity (Wildman–Crippen MR) is 82.0 cm³/mol. The second kappa shape index (κ2) is 5.90. The summed E-state index contributed by atoms with van der Waals surface area (Å²) in [6.45, 7) is 5.37. The lowest BCUT2D eigenvalue weighted by Gasteiger charge is -2.19. The lowest BCUT2D eigenvalue weighted by atomic mass is 9.93. The number of aromatic nitrogens is 2. The molecule has 112 valence electrons. The number of carbonyl (C=O) groups is 2. The van der Waals surface area contributed by atoms with E-state index in [-0.39, 0.29) is 12.3 Å². The minimum atomic E-state index is -0.940. The molecule has 0 fully saturated rings. The summed E-state index contributed by atoms with van der Waals surface area (Å²) in [5, 5.41) is 14.5. The molecule has 2 N–H and O–H groups in total. The molecule has 0 aliphatic carbocycles. The zero-order valence-electron chi connectivity index (χ0n) is 11.8. The number of carboxylic acid groups (broad SMARTS) is 1. The van der Waals surface area contributed by atoms with Gasteiger partial charge in [-0.3, -0.25) is 9.59 Å². The van der Waals surface area contributed by atoms with Gasteiger partial charge in [0.2, 0.25) is 5.91 Å². The quantitative estimate of drug-likeness (QED) is 0.881. The van der Waals surface area contributed by atoms with Crippen LogP contribution in [0.5, 0.6) is 0 Å². The average molecular weight is 325 g/mol. The Hall–Kier alpha value is -1.80. The molecule has 0 saturated heterocycles. The number of nitrogens with one attached hydrogen (secondary N) is 1. The number of rotatable bonds is 5. The number of amides is 1. The number of hydrogen-bond donors (Lipinski definition) is 2. The highest BCUT2D eigenvalue weighted by Gasteiger charge is 2.33. The summed E-state index contributed by atoms with van der Waals surface area (Å²) in [5.41, 5.74) is -0.282. The zero-order valence-corrected chi connectivity index (χ0v) is 13.5. The number of aryl methyl sites for hydroxylation is 1. The maximum absolute atomic E-state index is 12.4. The molecule has 2 heterocycles. The van der Waals surface area contributed by atoms with Crippen molar-refractivity contribution in [2.45, 2.75) is 32.6 Å². The van der Waals surface area contributed by atoms with Crippen molar-refractivity contribution in [3.63, 3.8) is 0 Å². The molecule has 1 amide bonds. The van der Waals surface area contributed by atoms with Crippen molar-refractivity contribution < 1.29 is 14.7 Å². The fraction of sp³-hybridized carbons (Fsp3) is 0.385. The van der Waals surface area contributed by atoms with E-state index in [4.69, 9.17) is 5.11 Å². The van der Waals surface area contributed by atoms with Crippen molar-refractivity contribution in [3.8, 4) is 0 Å². The molecule has 0 aliphatic rings. The third kappa shape index (κ3) is 3.45. The maximum Gasteiger partial charge on any atom is 0.309 e. The maximum atomic E-state index is 12.4. The van der Waals surface area contributed by atoms with Gasteiger partial charge in [0.05, 0.1) is 17.5 Å². The van der Waals surface area contributed by atoms with E-state index < -0.39 is 11.4 Å². The number of thiazole rings is 2. The molecular weight excluding hydrogens is 310 g/mol. The van der Waals surface area contributed by atoms with E-state index in [0.29, 0.717) is 10.8 Å². The van der Waals surface area contributed by atoms with Gasteiger partial charge >= 0.3 is 5.97 Å². The molecule has 2 aromatic rings. The highest BCUT2D eigenvalue weighted by atomic mass is 32.1. The van der Waals surface area contributed by atoms with Crippen molar-refractivity contribution in [1.29, 1.82) is 0 Å². The van der Waals surface area contributed by atoms with Gasteiger partial charge in [-0.2, -0.15) is 0 Å². The van der Waals surface area contributed by atoms with Gasteiger partial charge in [-0.05, 0) is 20.8 Å². The fourth-order valence-corrected chi connectivity index (χ4v) is 3.26. The van der Waals surface area contributed by atoms with Crippen LogP contribution in [0, 0.1) is 6.92 Å². The summed E-state index contributed by atoms with van der Waals surface area (Å²) < 4.78 is 0. The number of carbonyl (C=O) groups excluding carboxylic acids is 1. The Morgan fingerprint density at radius 1 is 1.43 bits per heavy atom. The fourth-order valence-electron chi connectivity index (χ4n) is 1.67. The number of nitrogens with zero attached hydrogens (tertiary/aromatic N) is 2. The Morgan fingerprint density at radius 3 is 2.71 bits per heavy atom. The Bertz CT molecular complexity index is 662. The van der Waals surface area contributed by atoms with Gasteiger partial charge in [0.1, 0.15) is 5.01 Å². The van der Waals surface area contributed by atoms with Crippen LogP contribution in [0.3, 0.4) is 0 Å². The first kappa shape index (κ1) is 15.6. The molecule has 0 bridgehead atoms. The van der Waals surface area contributed by atoms with Crippen molar-refractivity contribution in [2.24, 2.45) is 0 Å². The number of hydrogen-bond acceptors (Lipinski definition) is 6. The van der Waals surface area contributed by atoms with E-state index in [1.54, 1.807) is 27.0 Å². The minimum Gasteiger partial charge on any atom is -0.481 e. The molecule has 0 aromatic carbocycles. The Balaban J connectivity index is 2.15. The Labute approximate surface area is 129 Å². The minimum absolute atomic E-state index is 0.145. The van der Waals surface area contributed by atoms with Crippen LogP contribution >= 0.6 is 22.7 Å². The smallest absolute Gasteiger partial charge is 0.309 e. The van der Waals surface area contributed by atoms with Gasteiger partial charge in [-0.1, -0.05) is 0 Å². The highest BCUT2D eigenvalue weighted by Crippen LogP contribution is 2.29. The number of anilines is 1. The van der Waals surface area contributed by atoms with Crippen LogP contribution in [-0.4, -0.2) is 27.0 Å². The van der Waals surface area contributed by atoms with E-state index >= 15 is 0 Å². The van der Waals surface area contributed by atoms with Crippen LogP contribution < -0.4 is 5.32 Å². The van der Waals surface area contributed by atoms with Crippen LogP contribution in [0.25, 0.3) is 0 Å². The molecule has 0 saturated carbocycles. The predicted octanol–water partition coefficient (Wildman–Crippen LogP) is 2.45. The van der Waals surface area contributed by atoms with Crippen LogP contribution in [0.1, 0.15) is 29.4 Å². The van der Waals surface area contributed by atoms with E-state index in [1.165, 1.54) is 22.7 Å². The van der Waals surface area contributed by atoms with Gasteiger partial charge in [0.25, 0.3) is 0 Å². The molecule has 0 radical (unpaired) electrons. The molecule has 6 nitrogen and oxygen atoms in total. The summed E-state index contributed by atoms with van der Waals surface area (Å²) in [4.78, 5) is 32.3. The van der Waals surface area contributed by atoms with Gasteiger partial charge < -0.3 is 10.4 Å². The van der Waals surface area contributed by atoms with Crippen molar-refractivity contribution in [3.05, 3.63) is 27.2 Å². The molecule has 0 spiro atoms. The molecule has 0 aliphatic heterocycles. The summed E-state index contributed by atoms with van der Waals surface area (Å²) in [6.07, 6.45) is 1.52. The first-order valence-corrected chi connectivity index (χ1v) is 7.90. The summed E-state index contributed by atoms with van der Waals surface area (Å²) in [5.74, 6) is -1.16. The summed E-state index contributed by atoms with van der Waals surface area (Å²) in [6, 6.07) is 0. The van der Waals surface area contributed by atoms with Gasteiger partial charge in [-0.25, -0.2) is 9.97 Å². The number of carboxylic acids is 1. The first-order valence-electron chi connectivity index (χ1n) is 6.20. The van der Waals surface area contributed by atoms with Crippen molar-refractivity contribution in [1.82, 2.24) is 9.97 Å². The third-order valence-corrected chi connectivity index (χ3v) is 4.99. The molecule has 21 heavy (non-hydrogen) atoms. The molecule has 0 unspecified atom stereocenters. The lowest BCUT2D eigenvalue weighted by molar-refractivity contribution is -0.136. The van der Waals surface area contributed by atoms with E-state index in [2.05, 4.69) is 15.3 Å². The largest absolute Gasteiger partial charge is 0.481 e. The van der Waals surface area contributed by atoms with Gasteiger partial charge in [0.15, 0.2) is 5.13 Å². The van der Waals surface area contributed by atoms with E-state index in [9.17, 15) is 9.59 Å². The normalized spacial score (nSPS) is 11.4. The summed E-state index contributed by atoms with van der Waals surface area (Å²) in [7, 11) is 0. The van der Waals surface area contributed by atoms with Gasteiger partial charge in [0, 0.05) is 16.5 Å². The highest BCUT2D eigenvalue weighted by molar-refractivity contribution is 7.15. The van der Waals surface area contributed by atoms with E-state index in [1.807, 2.05) is 5.38 Å². The van der Waals surface area contributed by atoms with Gasteiger partial charge in [-0.15, -0.1) is 22.7 Å². The van der Waals surface area contributed by atoms with Crippen LogP contribution in [0.2, 0.25) is 0 Å². The molecule has 2 rings (SSSR count). The molecule has 8 heteroatoms. The third-order valence-electron chi connectivity index (χ3n) is 2.97. The molecule has 0 atom stereocenters. The Morgan fingerprint density at radius 2 is 2.14 bits per heavy atom. The second-order valence-electron chi connectivity index (χ2n) is 5.01. The lowest BCUT2D eigenvalue weighted by Crippen LogP contribution is -2.34. The summed E-state index contributed by atoms with van der Waals surface area (Å²) >= 11 is 2.69. The molecular formula is C13H15N3O3S2. The van der Waals surface area contributed by atoms with Crippen LogP contribution in [0.4, 0.5) is 5.13 Å².